The van der Waals surface area contributed by atoms with E-state index in [2.05, 4.69) is 5.32 Å². The Hall–Kier alpha value is -1.59. The molecule has 2 amide bonds. The number of amides is 2. The number of aliphatic hydroxyl groups is 1. The van der Waals surface area contributed by atoms with Crippen molar-refractivity contribution in [3.05, 3.63) is 29.3 Å². The SMILES string of the molecule is CN(CCO)C(=O)C(=O)Nc1ccc(Cl)cc1. The summed E-state index contributed by atoms with van der Waals surface area (Å²) >= 11 is 5.69. The highest BCUT2D eigenvalue weighted by molar-refractivity contribution is 6.39. The number of benzene rings is 1. The Labute approximate surface area is 104 Å². The molecule has 0 fully saturated rings. The normalized spacial score (nSPS) is 9.82. The number of hydrogen-bond acceptors (Lipinski definition) is 3. The summed E-state index contributed by atoms with van der Waals surface area (Å²) in [5.74, 6) is -1.45. The minimum Gasteiger partial charge on any atom is -0.395 e. The van der Waals surface area contributed by atoms with Crippen LogP contribution in [0.3, 0.4) is 0 Å². The van der Waals surface area contributed by atoms with E-state index in [-0.39, 0.29) is 13.2 Å². The molecular formula is C11H13ClN2O3. The first-order chi connectivity index (χ1) is 8.04. The van der Waals surface area contributed by atoms with Crippen molar-refractivity contribution in [2.75, 3.05) is 25.5 Å². The predicted molar refractivity (Wildman–Crippen MR) is 64.8 cm³/mol. The number of halogens is 1. The van der Waals surface area contributed by atoms with Crippen LogP contribution in [0.4, 0.5) is 5.69 Å². The molecule has 0 aliphatic rings. The van der Waals surface area contributed by atoms with Gasteiger partial charge in [-0.3, -0.25) is 9.59 Å². The molecule has 0 radical (unpaired) electrons. The van der Waals surface area contributed by atoms with Crippen LogP contribution in [0, 0.1) is 0 Å². The molecule has 17 heavy (non-hydrogen) atoms. The molecule has 1 rings (SSSR count). The summed E-state index contributed by atoms with van der Waals surface area (Å²) in [5, 5.41) is 11.6. The van der Waals surface area contributed by atoms with Gasteiger partial charge >= 0.3 is 11.8 Å². The second-order valence-electron chi connectivity index (χ2n) is 3.41. The van der Waals surface area contributed by atoms with Crippen LogP contribution in [0.25, 0.3) is 0 Å². The van der Waals surface area contributed by atoms with Gasteiger partial charge in [-0.15, -0.1) is 0 Å². The molecule has 0 aliphatic carbocycles. The molecule has 1 aromatic carbocycles. The van der Waals surface area contributed by atoms with E-state index >= 15 is 0 Å². The molecular weight excluding hydrogens is 244 g/mol. The number of anilines is 1. The van der Waals surface area contributed by atoms with Crippen molar-refractivity contribution in [2.45, 2.75) is 0 Å². The van der Waals surface area contributed by atoms with Crippen molar-refractivity contribution in [2.24, 2.45) is 0 Å². The summed E-state index contributed by atoms with van der Waals surface area (Å²) in [6.45, 7) is -0.0661. The van der Waals surface area contributed by atoms with Gasteiger partial charge in [0.05, 0.1) is 6.61 Å². The van der Waals surface area contributed by atoms with Crippen molar-refractivity contribution in [3.63, 3.8) is 0 Å². The second-order valence-corrected chi connectivity index (χ2v) is 3.85. The molecule has 92 valence electrons. The minimum atomic E-state index is -0.747. The number of hydrogen-bond donors (Lipinski definition) is 2. The van der Waals surface area contributed by atoms with Gasteiger partial charge in [0.15, 0.2) is 0 Å². The molecule has 0 bridgehead atoms. The number of carbonyl (C=O) groups excluding carboxylic acids is 2. The molecule has 2 N–H and O–H groups in total. The minimum absolute atomic E-state index is 0.118. The highest BCUT2D eigenvalue weighted by Crippen LogP contribution is 2.13. The fourth-order valence-corrected chi connectivity index (χ4v) is 1.27. The maximum atomic E-state index is 11.5. The molecule has 6 heteroatoms. The summed E-state index contributed by atoms with van der Waals surface area (Å²) in [4.78, 5) is 24.1. The van der Waals surface area contributed by atoms with Gasteiger partial charge in [-0.05, 0) is 24.3 Å². The zero-order valence-electron chi connectivity index (χ0n) is 9.31. The van der Waals surface area contributed by atoms with Crippen LogP contribution in [0.2, 0.25) is 5.02 Å². The van der Waals surface area contributed by atoms with Crippen LogP contribution in [-0.2, 0) is 9.59 Å². The average Bonchev–Trinajstić information content (AvgIpc) is 2.31. The first kappa shape index (κ1) is 13.5. The molecule has 0 aromatic heterocycles. The van der Waals surface area contributed by atoms with E-state index in [0.29, 0.717) is 10.7 Å². The predicted octanol–water partition coefficient (Wildman–Crippen LogP) is 0.729. The molecule has 0 aliphatic heterocycles. The van der Waals surface area contributed by atoms with Crippen LogP contribution in [0.1, 0.15) is 0 Å². The van der Waals surface area contributed by atoms with Gasteiger partial charge in [-0.25, -0.2) is 0 Å². The lowest BCUT2D eigenvalue weighted by Gasteiger charge is -2.14. The molecule has 0 unspecified atom stereocenters. The summed E-state index contributed by atoms with van der Waals surface area (Å²) in [6.07, 6.45) is 0. The van der Waals surface area contributed by atoms with Crippen LogP contribution < -0.4 is 5.32 Å². The van der Waals surface area contributed by atoms with Gasteiger partial charge in [-0.2, -0.15) is 0 Å². The Morgan fingerprint density at radius 3 is 2.47 bits per heavy atom. The van der Waals surface area contributed by atoms with Crippen molar-refractivity contribution in [3.8, 4) is 0 Å². The second kappa shape index (κ2) is 6.22. The van der Waals surface area contributed by atoms with E-state index in [9.17, 15) is 9.59 Å². The quantitative estimate of drug-likeness (QED) is 0.784. The van der Waals surface area contributed by atoms with Crippen molar-refractivity contribution in [1.82, 2.24) is 4.90 Å². The lowest BCUT2D eigenvalue weighted by Crippen LogP contribution is -2.38. The van der Waals surface area contributed by atoms with E-state index in [1.807, 2.05) is 0 Å². The molecule has 1 aromatic rings. The highest BCUT2D eigenvalue weighted by Gasteiger charge is 2.17. The standard InChI is InChI=1S/C11H13ClN2O3/c1-14(6-7-15)11(17)10(16)13-9-4-2-8(12)3-5-9/h2-5,15H,6-7H2,1H3,(H,13,16). The molecule has 0 saturated heterocycles. The molecule has 0 spiro atoms. The Morgan fingerprint density at radius 2 is 1.94 bits per heavy atom. The van der Waals surface area contributed by atoms with Crippen LogP contribution in [0.15, 0.2) is 24.3 Å². The zero-order valence-corrected chi connectivity index (χ0v) is 10.1. The number of likely N-dealkylation sites (N-methyl/N-ethyl adjacent to an activating group) is 1. The fraction of sp³-hybridized carbons (Fsp3) is 0.273. The maximum Gasteiger partial charge on any atom is 0.313 e. The molecule has 5 nitrogen and oxygen atoms in total. The summed E-state index contributed by atoms with van der Waals surface area (Å²) in [6, 6.07) is 6.41. The van der Waals surface area contributed by atoms with Gasteiger partial charge < -0.3 is 15.3 Å². The molecule has 0 atom stereocenters. The Balaban J connectivity index is 2.60. The number of nitrogens with zero attached hydrogens (tertiary/aromatic N) is 1. The van der Waals surface area contributed by atoms with Crippen LogP contribution in [0.5, 0.6) is 0 Å². The van der Waals surface area contributed by atoms with Gasteiger partial charge in [0.25, 0.3) is 0 Å². The lowest BCUT2D eigenvalue weighted by molar-refractivity contribution is -0.142. The summed E-state index contributed by atoms with van der Waals surface area (Å²) < 4.78 is 0. The van der Waals surface area contributed by atoms with E-state index < -0.39 is 11.8 Å². The zero-order chi connectivity index (χ0) is 12.8. The third-order valence-electron chi connectivity index (χ3n) is 2.08. The van der Waals surface area contributed by atoms with Crippen molar-refractivity contribution >= 4 is 29.1 Å². The van der Waals surface area contributed by atoms with Crippen LogP contribution >= 0.6 is 11.6 Å². The van der Waals surface area contributed by atoms with Crippen LogP contribution in [-0.4, -0.2) is 42.0 Å². The number of aliphatic hydroxyl groups excluding tert-OH is 1. The summed E-state index contributed by atoms with van der Waals surface area (Å²) in [5.41, 5.74) is 0.491. The topological polar surface area (TPSA) is 69.6 Å². The third kappa shape index (κ3) is 4.05. The maximum absolute atomic E-state index is 11.5. The lowest BCUT2D eigenvalue weighted by atomic mass is 10.3. The average molecular weight is 257 g/mol. The van der Waals surface area contributed by atoms with Gasteiger partial charge in [0.2, 0.25) is 0 Å². The van der Waals surface area contributed by atoms with Gasteiger partial charge in [0.1, 0.15) is 0 Å². The van der Waals surface area contributed by atoms with E-state index in [4.69, 9.17) is 16.7 Å². The summed E-state index contributed by atoms with van der Waals surface area (Å²) in [7, 11) is 1.44. The monoisotopic (exact) mass is 256 g/mol. The van der Waals surface area contributed by atoms with Crippen molar-refractivity contribution < 1.29 is 14.7 Å². The fourth-order valence-electron chi connectivity index (χ4n) is 1.14. The Bertz CT molecular complexity index is 406. The third-order valence-corrected chi connectivity index (χ3v) is 2.33. The van der Waals surface area contributed by atoms with E-state index in [1.165, 1.54) is 7.05 Å². The number of rotatable bonds is 3. The van der Waals surface area contributed by atoms with Crippen molar-refractivity contribution in [1.29, 1.82) is 0 Å². The molecule has 0 heterocycles. The number of carbonyl (C=O) groups is 2. The molecule has 0 saturated carbocycles. The van der Waals surface area contributed by atoms with E-state index in [0.717, 1.165) is 4.90 Å². The van der Waals surface area contributed by atoms with E-state index in [1.54, 1.807) is 24.3 Å². The first-order valence-corrected chi connectivity index (χ1v) is 5.35. The Kier molecular flexibility index (Phi) is 4.93. The smallest absolute Gasteiger partial charge is 0.313 e. The Morgan fingerprint density at radius 1 is 1.35 bits per heavy atom. The van der Waals surface area contributed by atoms with Gasteiger partial charge in [0, 0.05) is 24.3 Å². The first-order valence-electron chi connectivity index (χ1n) is 4.97. The number of nitrogens with one attached hydrogen (secondary N) is 1. The van der Waals surface area contributed by atoms with Gasteiger partial charge in [-0.1, -0.05) is 11.6 Å². The highest BCUT2D eigenvalue weighted by atomic mass is 35.5. The largest absolute Gasteiger partial charge is 0.395 e.